The average Bonchev–Trinajstić information content (AvgIpc) is 2.44. The number of benzene rings is 2. The first-order valence-corrected chi connectivity index (χ1v) is 6.29. The van der Waals surface area contributed by atoms with Crippen LogP contribution < -0.4 is 4.74 Å². The quantitative estimate of drug-likeness (QED) is 0.927. The molecule has 5 heteroatoms. The van der Waals surface area contributed by atoms with E-state index in [0.29, 0.717) is 10.8 Å². The standard InChI is InChI=1S/C15H13ClF2O2/c1-8-3-5-10(14(18)13(8)17)15(19)11-7-9(16)4-6-12(11)20-2/h3-7,15,19H,1-2H3. The first-order valence-electron chi connectivity index (χ1n) is 5.91. The highest BCUT2D eigenvalue weighted by atomic mass is 35.5. The number of aliphatic hydroxyl groups excluding tert-OH is 1. The molecule has 0 aromatic heterocycles. The summed E-state index contributed by atoms with van der Waals surface area (Å²) in [5.74, 6) is -1.69. The van der Waals surface area contributed by atoms with E-state index in [9.17, 15) is 13.9 Å². The van der Waals surface area contributed by atoms with Crippen LogP contribution in [0.1, 0.15) is 22.8 Å². The topological polar surface area (TPSA) is 29.5 Å². The van der Waals surface area contributed by atoms with Crippen LogP contribution in [0.4, 0.5) is 8.78 Å². The van der Waals surface area contributed by atoms with E-state index < -0.39 is 17.7 Å². The maximum Gasteiger partial charge on any atom is 0.165 e. The highest BCUT2D eigenvalue weighted by Crippen LogP contribution is 2.34. The molecule has 0 saturated heterocycles. The van der Waals surface area contributed by atoms with Crippen LogP contribution in [0.5, 0.6) is 5.75 Å². The van der Waals surface area contributed by atoms with Gasteiger partial charge in [0.15, 0.2) is 11.6 Å². The van der Waals surface area contributed by atoms with Gasteiger partial charge in [-0.1, -0.05) is 23.7 Å². The highest BCUT2D eigenvalue weighted by Gasteiger charge is 2.22. The summed E-state index contributed by atoms with van der Waals surface area (Å²) in [5, 5.41) is 10.6. The molecule has 20 heavy (non-hydrogen) atoms. The molecule has 0 heterocycles. The lowest BCUT2D eigenvalue weighted by Crippen LogP contribution is -2.07. The monoisotopic (exact) mass is 298 g/mol. The average molecular weight is 299 g/mol. The molecule has 1 unspecified atom stereocenters. The largest absolute Gasteiger partial charge is 0.496 e. The second-order valence-electron chi connectivity index (χ2n) is 4.39. The maximum atomic E-state index is 13.9. The zero-order valence-electron chi connectivity index (χ0n) is 11.0. The lowest BCUT2D eigenvalue weighted by Gasteiger charge is -2.17. The minimum atomic E-state index is -1.36. The van der Waals surface area contributed by atoms with E-state index in [-0.39, 0.29) is 16.7 Å². The van der Waals surface area contributed by atoms with Crippen molar-refractivity contribution < 1.29 is 18.6 Å². The summed E-state index contributed by atoms with van der Waals surface area (Å²) in [4.78, 5) is 0. The predicted octanol–water partition coefficient (Wildman–Crippen LogP) is 4.02. The summed E-state index contributed by atoms with van der Waals surface area (Å²) in [6, 6.07) is 7.36. The van der Waals surface area contributed by atoms with Crippen LogP contribution in [0.25, 0.3) is 0 Å². The van der Waals surface area contributed by atoms with Gasteiger partial charge in [-0.25, -0.2) is 8.78 Å². The fraction of sp³-hybridized carbons (Fsp3) is 0.200. The Kier molecular flexibility index (Phi) is 4.26. The third-order valence-electron chi connectivity index (χ3n) is 3.09. The Labute approximate surface area is 120 Å². The molecule has 2 nitrogen and oxygen atoms in total. The smallest absolute Gasteiger partial charge is 0.165 e. The first-order chi connectivity index (χ1) is 9.45. The lowest BCUT2D eigenvalue weighted by atomic mass is 9.98. The van der Waals surface area contributed by atoms with Crippen LogP contribution in [0, 0.1) is 18.6 Å². The molecule has 0 spiro atoms. The van der Waals surface area contributed by atoms with Crippen molar-refractivity contribution in [1.29, 1.82) is 0 Å². The van der Waals surface area contributed by atoms with Crippen LogP contribution >= 0.6 is 11.6 Å². The molecule has 2 rings (SSSR count). The highest BCUT2D eigenvalue weighted by molar-refractivity contribution is 6.30. The van der Waals surface area contributed by atoms with Gasteiger partial charge in [-0.05, 0) is 30.7 Å². The van der Waals surface area contributed by atoms with Crippen molar-refractivity contribution in [1.82, 2.24) is 0 Å². The van der Waals surface area contributed by atoms with Crippen molar-refractivity contribution in [3.63, 3.8) is 0 Å². The summed E-state index contributed by atoms with van der Waals surface area (Å²) in [7, 11) is 1.42. The third-order valence-corrected chi connectivity index (χ3v) is 3.32. The summed E-state index contributed by atoms with van der Waals surface area (Å²) in [6.45, 7) is 1.45. The van der Waals surface area contributed by atoms with Gasteiger partial charge in [-0.3, -0.25) is 0 Å². The molecule has 2 aromatic carbocycles. The first kappa shape index (κ1) is 14.8. The van der Waals surface area contributed by atoms with Gasteiger partial charge in [0.1, 0.15) is 11.9 Å². The number of halogens is 3. The van der Waals surface area contributed by atoms with Gasteiger partial charge < -0.3 is 9.84 Å². The molecule has 0 saturated carbocycles. The van der Waals surface area contributed by atoms with Crippen LogP contribution in [0.15, 0.2) is 30.3 Å². The number of methoxy groups -OCH3 is 1. The minimum Gasteiger partial charge on any atom is -0.496 e. The molecular weight excluding hydrogens is 286 g/mol. The lowest BCUT2D eigenvalue weighted by molar-refractivity contribution is 0.208. The van der Waals surface area contributed by atoms with Gasteiger partial charge in [0.25, 0.3) is 0 Å². The molecule has 0 aliphatic carbocycles. The SMILES string of the molecule is COc1ccc(Cl)cc1C(O)c1ccc(C)c(F)c1F. The Morgan fingerprint density at radius 1 is 1.10 bits per heavy atom. The molecular formula is C15H13ClF2O2. The fourth-order valence-electron chi connectivity index (χ4n) is 1.96. The van der Waals surface area contributed by atoms with Crippen LogP contribution in [-0.4, -0.2) is 12.2 Å². The number of ether oxygens (including phenoxy) is 1. The molecule has 106 valence electrons. The normalized spacial score (nSPS) is 12.3. The number of aryl methyl sites for hydroxylation is 1. The Morgan fingerprint density at radius 3 is 2.45 bits per heavy atom. The molecule has 1 N–H and O–H groups in total. The van der Waals surface area contributed by atoms with E-state index in [1.807, 2.05) is 0 Å². The molecule has 0 amide bonds. The van der Waals surface area contributed by atoms with Crippen molar-refractivity contribution >= 4 is 11.6 Å². The number of aliphatic hydroxyl groups is 1. The molecule has 0 fully saturated rings. The Balaban J connectivity index is 2.54. The Morgan fingerprint density at radius 2 is 1.80 bits per heavy atom. The summed E-state index contributed by atoms with van der Waals surface area (Å²) in [6.07, 6.45) is -1.36. The number of rotatable bonds is 3. The Hall–Kier alpha value is -1.65. The van der Waals surface area contributed by atoms with Crippen molar-refractivity contribution in [3.05, 3.63) is 63.7 Å². The predicted molar refractivity (Wildman–Crippen MR) is 73.2 cm³/mol. The van der Waals surface area contributed by atoms with E-state index in [4.69, 9.17) is 16.3 Å². The van der Waals surface area contributed by atoms with Crippen LogP contribution in [-0.2, 0) is 0 Å². The van der Waals surface area contributed by atoms with Gasteiger partial charge >= 0.3 is 0 Å². The second kappa shape index (κ2) is 5.77. The molecule has 0 aliphatic heterocycles. The third kappa shape index (κ3) is 2.62. The molecule has 0 radical (unpaired) electrons. The summed E-state index contributed by atoms with van der Waals surface area (Å²) < 4.78 is 32.6. The zero-order chi connectivity index (χ0) is 14.9. The van der Waals surface area contributed by atoms with Crippen molar-refractivity contribution in [2.75, 3.05) is 7.11 Å². The molecule has 1 atom stereocenters. The molecule has 0 bridgehead atoms. The van der Waals surface area contributed by atoms with Gasteiger partial charge in [-0.2, -0.15) is 0 Å². The molecule has 0 aliphatic rings. The van der Waals surface area contributed by atoms with Gasteiger partial charge in [0.2, 0.25) is 0 Å². The summed E-state index contributed by atoms with van der Waals surface area (Å²) in [5.41, 5.74) is 0.298. The van der Waals surface area contributed by atoms with E-state index in [0.717, 1.165) is 0 Å². The minimum absolute atomic E-state index is 0.159. The van der Waals surface area contributed by atoms with Gasteiger partial charge in [-0.15, -0.1) is 0 Å². The van der Waals surface area contributed by atoms with Gasteiger partial charge in [0.05, 0.1) is 7.11 Å². The van der Waals surface area contributed by atoms with Crippen LogP contribution in [0.2, 0.25) is 5.02 Å². The van der Waals surface area contributed by atoms with E-state index >= 15 is 0 Å². The van der Waals surface area contributed by atoms with Crippen molar-refractivity contribution in [2.24, 2.45) is 0 Å². The van der Waals surface area contributed by atoms with Crippen molar-refractivity contribution in [3.8, 4) is 5.75 Å². The van der Waals surface area contributed by atoms with E-state index in [2.05, 4.69) is 0 Å². The fourth-order valence-corrected chi connectivity index (χ4v) is 2.14. The van der Waals surface area contributed by atoms with E-state index in [1.165, 1.54) is 32.2 Å². The number of hydrogen-bond acceptors (Lipinski definition) is 2. The van der Waals surface area contributed by atoms with Crippen molar-refractivity contribution in [2.45, 2.75) is 13.0 Å². The number of hydrogen-bond donors (Lipinski definition) is 1. The summed E-state index contributed by atoms with van der Waals surface area (Å²) >= 11 is 5.87. The maximum absolute atomic E-state index is 13.9. The Bertz CT molecular complexity index is 644. The second-order valence-corrected chi connectivity index (χ2v) is 4.82. The van der Waals surface area contributed by atoms with E-state index in [1.54, 1.807) is 12.1 Å². The zero-order valence-corrected chi connectivity index (χ0v) is 11.7. The van der Waals surface area contributed by atoms with Gasteiger partial charge in [0, 0.05) is 16.1 Å². The van der Waals surface area contributed by atoms with Crippen LogP contribution in [0.3, 0.4) is 0 Å². The molecule has 2 aromatic rings.